The lowest BCUT2D eigenvalue weighted by molar-refractivity contribution is -0.905. The molecule has 1 aliphatic heterocycles. The Labute approximate surface area is 124 Å². The van der Waals surface area contributed by atoms with Gasteiger partial charge in [0.25, 0.3) is 0 Å². The Hall–Kier alpha value is -1.49. The molecule has 1 heterocycles. The van der Waals surface area contributed by atoms with Crippen LogP contribution in [0.3, 0.4) is 0 Å². The van der Waals surface area contributed by atoms with Crippen molar-refractivity contribution in [2.75, 3.05) is 32.7 Å². The number of nitrogens with zero attached hydrogens (tertiary/aromatic N) is 2. The topological polar surface area (TPSA) is 65.6 Å². The van der Waals surface area contributed by atoms with E-state index in [0.29, 0.717) is 26.2 Å². The van der Waals surface area contributed by atoms with Crippen LogP contribution in [0.5, 0.6) is 0 Å². The number of hydrogen-bond acceptors (Lipinski definition) is 3. The summed E-state index contributed by atoms with van der Waals surface area (Å²) in [4.78, 5) is 1.23. The molecular weight excluding hydrogens is 293 g/mol. The van der Waals surface area contributed by atoms with Crippen LogP contribution >= 0.6 is 0 Å². The predicted octanol–water partition coefficient (Wildman–Crippen LogP) is -0.125. The minimum absolute atomic E-state index is 0.00339. The summed E-state index contributed by atoms with van der Waals surface area (Å²) in [6.45, 7) is 4.72. The van der Waals surface area contributed by atoms with E-state index in [1.54, 1.807) is 0 Å². The Morgan fingerprint density at radius 3 is 2.67 bits per heavy atom. The van der Waals surface area contributed by atoms with E-state index in [1.807, 2.05) is 6.92 Å². The second-order valence-corrected chi connectivity index (χ2v) is 7.28. The van der Waals surface area contributed by atoms with Crippen molar-refractivity contribution in [3.63, 3.8) is 0 Å². The number of hydrogen-bond donors (Lipinski definition) is 1. The summed E-state index contributed by atoms with van der Waals surface area (Å²) in [5.41, 5.74) is 0. The van der Waals surface area contributed by atoms with E-state index < -0.39 is 15.8 Å². The predicted molar refractivity (Wildman–Crippen MR) is 75.5 cm³/mol. The van der Waals surface area contributed by atoms with E-state index in [4.69, 9.17) is 5.26 Å². The molecule has 1 aliphatic rings. The Bertz CT molecular complexity index is 634. The maximum atomic E-state index is 13.2. The van der Waals surface area contributed by atoms with Gasteiger partial charge in [-0.3, -0.25) is 0 Å². The van der Waals surface area contributed by atoms with Gasteiger partial charge in [0.2, 0.25) is 10.0 Å². The molecule has 0 aromatic heterocycles. The molecule has 5 nitrogen and oxygen atoms in total. The van der Waals surface area contributed by atoms with E-state index in [2.05, 4.69) is 6.07 Å². The van der Waals surface area contributed by atoms with E-state index in [1.165, 1.54) is 27.4 Å². The lowest BCUT2D eigenvalue weighted by Gasteiger charge is -2.31. The number of nitriles is 1. The van der Waals surface area contributed by atoms with Gasteiger partial charge in [-0.05, 0) is 25.1 Å². The molecule has 1 saturated heterocycles. The highest BCUT2D eigenvalue weighted by Crippen LogP contribution is 2.16. The first-order valence-corrected chi connectivity index (χ1v) is 8.36. The highest BCUT2D eigenvalue weighted by atomic mass is 32.2. The minimum Gasteiger partial charge on any atom is -0.332 e. The summed E-state index contributed by atoms with van der Waals surface area (Å²) in [6, 6.07) is 7.28. The molecule has 0 amide bonds. The van der Waals surface area contributed by atoms with Gasteiger partial charge < -0.3 is 4.90 Å². The monoisotopic (exact) mass is 312 g/mol. The molecule has 0 unspecified atom stereocenters. The number of quaternary nitrogens is 1. The molecule has 0 aliphatic carbocycles. The molecule has 21 heavy (non-hydrogen) atoms. The first-order valence-electron chi connectivity index (χ1n) is 6.92. The molecule has 1 N–H and O–H groups in total. The van der Waals surface area contributed by atoms with Gasteiger partial charge in [0.05, 0.1) is 49.6 Å². The lowest BCUT2D eigenvalue weighted by atomic mass is 10.2. The van der Waals surface area contributed by atoms with Crippen LogP contribution in [-0.2, 0) is 10.0 Å². The smallest absolute Gasteiger partial charge is 0.243 e. The highest BCUT2D eigenvalue weighted by molar-refractivity contribution is 7.89. The van der Waals surface area contributed by atoms with Crippen LogP contribution in [0.25, 0.3) is 0 Å². The fourth-order valence-electron chi connectivity index (χ4n) is 2.50. The quantitative estimate of drug-likeness (QED) is 0.842. The molecule has 0 saturated carbocycles. The van der Waals surface area contributed by atoms with Crippen molar-refractivity contribution in [1.29, 1.82) is 5.26 Å². The number of benzene rings is 1. The van der Waals surface area contributed by atoms with Crippen molar-refractivity contribution < 1.29 is 17.7 Å². The Morgan fingerprint density at radius 2 is 2.10 bits per heavy atom. The summed E-state index contributed by atoms with van der Waals surface area (Å²) in [6.07, 6.45) is 0. The number of rotatable bonds is 4. The van der Waals surface area contributed by atoms with Gasteiger partial charge >= 0.3 is 0 Å². The fourth-order valence-corrected chi connectivity index (χ4v) is 3.98. The first kappa shape index (κ1) is 15.9. The molecule has 1 aromatic rings. The molecule has 1 fully saturated rings. The van der Waals surface area contributed by atoms with Gasteiger partial charge in [-0.2, -0.15) is 9.57 Å². The third-order valence-corrected chi connectivity index (χ3v) is 5.57. The summed E-state index contributed by atoms with van der Waals surface area (Å²) in [7, 11) is -3.63. The van der Waals surface area contributed by atoms with Crippen molar-refractivity contribution in [3.8, 4) is 6.07 Å². The molecule has 0 spiro atoms. The second kappa shape index (κ2) is 6.52. The summed E-state index contributed by atoms with van der Waals surface area (Å²) >= 11 is 0. The molecular formula is C14H19FN3O2S+. The molecule has 7 heteroatoms. The zero-order valence-corrected chi connectivity index (χ0v) is 12.7. The summed E-state index contributed by atoms with van der Waals surface area (Å²) in [5.74, 6) is -0.588. The molecule has 0 bridgehead atoms. The Balaban J connectivity index is 2.03. The third-order valence-electron chi connectivity index (χ3n) is 3.68. The van der Waals surface area contributed by atoms with Gasteiger partial charge in [0, 0.05) is 0 Å². The molecule has 1 aromatic carbocycles. The lowest BCUT2D eigenvalue weighted by Crippen LogP contribution is -3.15. The van der Waals surface area contributed by atoms with Crippen molar-refractivity contribution in [2.45, 2.75) is 11.8 Å². The largest absolute Gasteiger partial charge is 0.332 e. The van der Waals surface area contributed by atoms with Gasteiger partial charge in [0.1, 0.15) is 5.82 Å². The Morgan fingerprint density at radius 1 is 1.43 bits per heavy atom. The standard InChI is InChI=1S/C14H18FN3O2S/c1-12(10-16)11-17-5-7-18(8-6-17)21(19,20)14-4-2-3-13(15)9-14/h2-4,9,12H,5-8,11H2,1H3/p+1/t12-/m1/s1. The van der Waals surface area contributed by atoms with Crippen LogP contribution < -0.4 is 4.90 Å². The van der Waals surface area contributed by atoms with Crippen molar-refractivity contribution >= 4 is 10.0 Å². The Kier molecular flexibility index (Phi) is 4.93. The number of halogens is 1. The van der Waals surface area contributed by atoms with Gasteiger partial charge in [-0.1, -0.05) is 6.07 Å². The molecule has 2 rings (SSSR count). The zero-order valence-electron chi connectivity index (χ0n) is 11.9. The van der Waals surface area contributed by atoms with Crippen molar-refractivity contribution in [3.05, 3.63) is 30.1 Å². The zero-order chi connectivity index (χ0) is 15.5. The van der Waals surface area contributed by atoms with Crippen LogP contribution in [0.2, 0.25) is 0 Å². The molecule has 0 radical (unpaired) electrons. The molecule has 114 valence electrons. The molecule has 1 atom stereocenters. The van der Waals surface area contributed by atoms with Crippen LogP contribution in [0.1, 0.15) is 6.92 Å². The van der Waals surface area contributed by atoms with E-state index in [-0.39, 0.29) is 10.8 Å². The normalized spacial score (nSPS) is 19.1. The SMILES string of the molecule is C[C@H](C#N)C[NH+]1CCN(S(=O)(=O)c2cccc(F)c2)CC1. The number of nitrogens with one attached hydrogen (secondary N) is 1. The van der Waals surface area contributed by atoms with Crippen LogP contribution in [-0.4, -0.2) is 45.4 Å². The van der Waals surface area contributed by atoms with Crippen molar-refractivity contribution in [2.24, 2.45) is 5.92 Å². The van der Waals surface area contributed by atoms with Crippen molar-refractivity contribution in [1.82, 2.24) is 4.31 Å². The van der Waals surface area contributed by atoms with Crippen LogP contribution in [0.4, 0.5) is 4.39 Å². The average molecular weight is 312 g/mol. The maximum absolute atomic E-state index is 13.2. The second-order valence-electron chi connectivity index (χ2n) is 5.35. The van der Waals surface area contributed by atoms with E-state index in [9.17, 15) is 12.8 Å². The first-order chi connectivity index (χ1) is 9.93. The highest BCUT2D eigenvalue weighted by Gasteiger charge is 2.30. The van der Waals surface area contributed by atoms with Gasteiger partial charge in [0.15, 0.2) is 0 Å². The average Bonchev–Trinajstić information content (AvgIpc) is 2.47. The van der Waals surface area contributed by atoms with Crippen LogP contribution in [0.15, 0.2) is 29.2 Å². The van der Waals surface area contributed by atoms with Crippen LogP contribution in [0, 0.1) is 23.1 Å². The summed E-state index contributed by atoms with van der Waals surface area (Å²) < 4.78 is 39.4. The third kappa shape index (κ3) is 3.79. The van der Waals surface area contributed by atoms with Gasteiger partial charge in [-0.25, -0.2) is 12.8 Å². The summed E-state index contributed by atoms with van der Waals surface area (Å²) in [5, 5.41) is 8.82. The van der Waals surface area contributed by atoms with E-state index in [0.717, 1.165) is 12.6 Å². The minimum atomic E-state index is -3.63. The number of piperazine rings is 1. The fraction of sp³-hybridized carbons (Fsp3) is 0.500. The number of sulfonamides is 1. The van der Waals surface area contributed by atoms with E-state index >= 15 is 0 Å². The maximum Gasteiger partial charge on any atom is 0.243 e. The van der Waals surface area contributed by atoms with Gasteiger partial charge in [-0.15, -0.1) is 0 Å².